The Hall–Kier alpha value is -0.400. The van der Waals surface area contributed by atoms with Gasteiger partial charge in [0.15, 0.2) is 0 Å². The summed E-state index contributed by atoms with van der Waals surface area (Å²) >= 11 is 5.70. The number of rotatable bonds is 3. The number of aryl methyl sites for hydroxylation is 1. The third-order valence-corrected chi connectivity index (χ3v) is 3.94. The maximum absolute atomic E-state index is 10.3. The molecule has 0 aliphatic heterocycles. The summed E-state index contributed by atoms with van der Waals surface area (Å²) in [4.78, 5) is 0. The minimum Gasteiger partial charge on any atom is -0.383 e. The fraction of sp³-hybridized carbons (Fsp3) is 0.250. The van der Waals surface area contributed by atoms with Crippen LogP contribution in [0.1, 0.15) is 24.2 Å². The molecule has 0 aliphatic rings. The van der Waals surface area contributed by atoms with Crippen LogP contribution >= 0.6 is 38.5 Å². The van der Waals surface area contributed by atoms with Crippen molar-refractivity contribution in [2.24, 2.45) is 0 Å². The average Bonchev–Trinajstić information content (AvgIpc) is 2.80. The van der Waals surface area contributed by atoms with E-state index in [9.17, 15) is 5.11 Å². The Bertz CT molecular complexity index is 527. The summed E-state index contributed by atoms with van der Waals surface area (Å²) in [5.41, 5.74) is 1.68. The molecule has 0 bridgehead atoms. The van der Waals surface area contributed by atoms with Crippen molar-refractivity contribution in [1.29, 1.82) is 0 Å². The molecule has 2 aromatic rings. The molecule has 5 heteroatoms. The van der Waals surface area contributed by atoms with Crippen LogP contribution in [0.15, 0.2) is 35.1 Å². The number of nitrogens with zero attached hydrogens (tertiary/aromatic N) is 2. The second-order valence-electron chi connectivity index (χ2n) is 3.70. The van der Waals surface area contributed by atoms with Crippen LogP contribution in [0.3, 0.4) is 0 Å². The number of benzene rings is 1. The third-order valence-electron chi connectivity index (χ3n) is 2.55. The van der Waals surface area contributed by atoms with Crippen LogP contribution in [-0.4, -0.2) is 14.9 Å². The van der Waals surface area contributed by atoms with Gasteiger partial charge in [-0.05, 0) is 47.7 Å². The molecule has 1 aromatic carbocycles. The number of aliphatic hydroxyl groups is 1. The van der Waals surface area contributed by atoms with E-state index in [0.29, 0.717) is 0 Å². The molecule has 0 saturated carbocycles. The van der Waals surface area contributed by atoms with Crippen LogP contribution in [0.5, 0.6) is 0 Å². The molecule has 90 valence electrons. The maximum Gasteiger partial charge on any atom is 0.108 e. The number of aliphatic hydroxyl groups excluding tert-OH is 1. The van der Waals surface area contributed by atoms with Crippen molar-refractivity contribution in [3.63, 3.8) is 0 Å². The summed E-state index contributed by atoms with van der Waals surface area (Å²) in [5, 5.41) is 14.5. The van der Waals surface area contributed by atoms with E-state index in [4.69, 9.17) is 0 Å². The highest BCUT2D eigenvalue weighted by molar-refractivity contribution is 14.1. The molecule has 0 saturated heterocycles. The predicted octanol–water partition coefficient (Wildman–Crippen LogP) is 3.35. The lowest BCUT2D eigenvalue weighted by Gasteiger charge is -2.11. The van der Waals surface area contributed by atoms with E-state index in [-0.39, 0.29) is 0 Å². The minimum absolute atomic E-state index is 0.639. The molecule has 2 rings (SSSR count). The highest BCUT2D eigenvalue weighted by Crippen LogP contribution is 2.29. The summed E-state index contributed by atoms with van der Waals surface area (Å²) < 4.78 is 3.82. The molecule has 1 unspecified atom stereocenters. The standard InChI is InChI=1S/C12H12BrIN2O/c1-2-16-7-8(6-15-16)12(17)10-5-9(14)3-4-11(10)13/h3-7,12,17H,2H2,1H3. The Labute approximate surface area is 122 Å². The van der Waals surface area contributed by atoms with E-state index in [1.54, 1.807) is 10.9 Å². The summed E-state index contributed by atoms with van der Waals surface area (Å²) in [5.74, 6) is 0. The highest BCUT2D eigenvalue weighted by atomic mass is 127. The summed E-state index contributed by atoms with van der Waals surface area (Å²) in [6.45, 7) is 2.82. The monoisotopic (exact) mass is 406 g/mol. The first kappa shape index (κ1) is 13.0. The molecule has 0 spiro atoms. The Morgan fingerprint density at radius 1 is 1.53 bits per heavy atom. The third kappa shape index (κ3) is 2.89. The molecule has 0 amide bonds. The molecule has 1 N–H and O–H groups in total. The van der Waals surface area contributed by atoms with Gasteiger partial charge in [-0.25, -0.2) is 0 Å². The lowest BCUT2D eigenvalue weighted by molar-refractivity contribution is 0.219. The summed E-state index contributed by atoms with van der Waals surface area (Å²) in [6.07, 6.45) is 2.94. The van der Waals surface area contributed by atoms with Crippen molar-refractivity contribution >= 4 is 38.5 Å². The predicted molar refractivity (Wildman–Crippen MR) is 78.8 cm³/mol. The molecule has 0 radical (unpaired) electrons. The fourth-order valence-electron chi connectivity index (χ4n) is 1.60. The van der Waals surface area contributed by atoms with Crippen molar-refractivity contribution in [3.8, 4) is 0 Å². The SMILES string of the molecule is CCn1cc(C(O)c2cc(I)ccc2Br)cn1. The summed E-state index contributed by atoms with van der Waals surface area (Å²) in [6, 6.07) is 5.92. The van der Waals surface area contributed by atoms with Crippen LogP contribution in [0.4, 0.5) is 0 Å². The molecule has 0 aliphatic carbocycles. The molecule has 1 aromatic heterocycles. The average molecular weight is 407 g/mol. The molecule has 0 fully saturated rings. The number of hydrogen-bond donors (Lipinski definition) is 1. The van der Waals surface area contributed by atoms with Gasteiger partial charge in [-0.3, -0.25) is 4.68 Å². The van der Waals surface area contributed by atoms with Crippen LogP contribution in [0.2, 0.25) is 0 Å². The van der Waals surface area contributed by atoms with Gasteiger partial charge in [-0.1, -0.05) is 15.9 Å². The number of halogens is 2. The van der Waals surface area contributed by atoms with Gasteiger partial charge in [0.05, 0.1) is 6.20 Å². The number of aromatic nitrogens is 2. The first-order valence-electron chi connectivity index (χ1n) is 5.27. The van der Waals surface area contributed by atoms with Crippen molar-refractivity contribution < 1.29 is 5.11 Å². The van der Waals surface area contributed by atoms with E-state index < -0.39 is 6.10 Å². The van der Waals surface area contributed by atoms with Crippen molar-refractivity contribution in [2.75, 3.05) is 0 Å². The van der Waals surface area contributed by atoms with Crippen LogP contribution in [0, 0.1) is 3.57 Å². The van der Waals surface area contributed by atoms with E-state index >= 15 is 0 Å². The largest absolute Gasteiger partial charge is 0.383 e. The second-order valence-corrected chi connectivity index (χ2v) is 5.80. The minimum atomic E-state index is -0.639. The van der Waals surface area contributed by atoms with E-state index in [0.717, 1.165) is 25.7 Å². The van der Waals surface area contributed by atoms with Gasteiger partial charge >= 0.3 is 0 Å². The molecular weight excluding hydrogens is 395 g/mol. The molecule has 3 nitrogen and oxygen atoms in total. The van der Waals surface area contributed by atoms with Crippen molar-refractivity contribution in [3.05, 3.63) is 49.8 Å². The lowest BCUT2D eigenvalue weighted by atomic mass is 10.1. The second kappa shape index (κ2) is 5.49. The Balaban J connectivity index is 2.35. The normalized spacial score (nSPS) is 12.7. The first-order valence-corrected chi connectivity index (χ1v) is 7.14. The zero-order chi connectivity index (χ0) is 12.4. The highest BCUT2D eigenvalue weighted by Gasteiger charge is 2.15. The maximum atomic E-state index is 10.3. The molecular formula is C12H12BrIN2O. The van der Waals surface area contributed by atoms with Gasteiger partial charge in [0.1, 0.15) is 6.10 Å². The molecule has 1 heterocycles. The van der Waals surface area contributed by atoms with Crippen molar-refractivity contribution in [2.45, 2.75) is 19.6 Å². The van der Waals surface area contributed by atoms with Gasteiger partial charge in [0, 0.05) is 31.9 Å². The lowest BCUT2D eigenvalue weighted by Crippen LogP contribution is -2.00. The van der Waals surface area contributed by atoms with Gasteiger partial charge in [-0.15, -0.1) is 0 Å². The number of hydrogen-bond acceptors (Lipinski definition) is 2. The van der Waals surface area contributed by atoms with Crippen LogP contribution < -0.4 is 0 Å². The van der Waals surface area contributed by atoms with Gasteiger partial charge in [0.2, 0.25) is 0 Å². The van der Waals surface area contributed by atoms with E-state index in [1.807, 2.05) is 31.3 Å². The van der Waals surface area contributed by atoms with E-state index in [2.05, 4.69) is 43.6 Å². The topological polar surface area (TPSA) is 38.0 Å². The molecule has 17 heavy (non-hydrogen) atoms. The molecule has 1 atom stereocenters. The fourth-order valence-corrected chi connectivity index (χ4v) is 2.58. The van der Waals surface area contributed by atoms with Gasteiger partial charge in [-0.2, -0.15) is 5.10 Å². The first-order chi connectivity index (χ1) is 8.11. The summed E-state index contributed by atoms with van der Waals surface area (Å²) in [7, 11) is 0. The zero-order valence-electron chi connectivity index (χ0n) is 9.27. The smallest absolute Gasteiger partial charge is 0.108 e. The van der Waals surface area contributed by atoms with Crippen molar-refractivity contribution in [1.82, 2.24) is 9.78 Å². The van der Waals surface area contributed by atoms with Gasteiger partial charge in [0.25, 0.3) is 0 Å². The van der Waals surface area contributed by atoms with Gasteiger partial charge < -0.3 is 5.11 Å². The zero-order valence-corrected chi connectivity index (χ0v) is 13.0. The van der Waals surface area contributed by atoms with E-state index in [1.165, 1.54) is 0 Å². The Morgan fingerprint density at radius 3 is 2.94 bits per heavy atom. The Kier molecular flexibility index (Phi) is 4.22. The Morgan fingerprint density at radius 2 is 2.29 bits per heavy atom. The quantitative estimate of drug-likeness (QED) is 0.793. The van der Waals surface area contributed by atoms with Crippen LogP contribution in [-0.2, 0) is 6.54 Å². The van der Waals surface area contributed by atoms with Crippen LogP contribution in [0.25, 0.3) is 0 Å².